The van der Waals surface area contributed by atoms with Crippen molar-refractivity contribution in [1.29, 1.82) is 0 Å². The lowest BCUT2D eigenvalue weighted by molar-refractivity contribution is -0.318. The average Bonchev–Trinajstić information content (AvgIpc) is 2.32. The number of aliphatic carboxylic acids is 1. The van der Waals surface area contributed by atoms with Gasteiger partial charge < -0.3 is 35.4 Å². The third-order valence-corrected chi connectivity index (χ3v) is 2.77. The Bertz CT molecular complexity index is 300. The lowest BCUT2D eigenvalue weighted by Gasteiger charge is -2.42. The van der Waals surface area contributed by atoms with Crippen LogP contribution in [0.25, 0.3) is 0 Å². The number of carboxylic acid groups (broad SMARTS) is 1. The van der Waals surface area contributed by atoms with E-state index in [2.05, 4.69) is 5.32 Å². The number of aliphatic hydroxyl groups excluding tert-OH is 4. The van der Waals surface area contributed by atoms with Crippen LogP contribution < -0.4 is 5.32 Å². The Kier molecular flexibility index (Phi) is 4.99. The van der Waals surface area contributed by atoms with Crippen molar-refractivity contribution < 1.29 is 40.2 Å². The maximum absolute atomic E-state index is 10.6. The van der Waals surface area contributed by atoms with Gasteiger partial charge in [-0.1, -0.05) is 0 Å². The minimum Gasteiger partial charge on any atom is -0.480 e. The first-order chi connectivity index (χ1) is 8.31. The van der Waals surface area contributed by atoms with Gasteiger partial charge in [-0.15, -0.1) is 0 Å². The molecule has 1 heterocycles. The summed E-state index contributed by atoms with van der Waals surface area (Å²) in [4.78, 5) is 10.6. The van der Waals surface area contributed by atoms with Crippen molar-refractivity contribution in [2.24, 2.45) is 0 Å². The first kappa shape index (κ1) is 15.2. The molecule has 1 fully saturated rings. The minimum absolute atomic E-state index is 0.409. The second kappa shape index (κ2) is 5.89. The number of hydrogen-bond donors (Lipinski definition) is 7. The van der Waals surface area contributed by atoms with Crippen LogP contribution in [0, 0.1) is 0 Å². The van der Waals surface area contributed by atoms with Gasteiger partial charge in [0.15, 0.2) is 0 Å². The van der Waals surface area contributed by atoms with E-state index in [1.165, 1.54) is 0 Å². The quantitative estimate of drug-likeness (QED) is 0.262. The summed E-state index contributed by atoms with van der Waals surface area (Å²) in [7, 11) is 0. The van der Waals surface area contributed by atoms with Crippen LogP contribution in [0.4, 0.5) is 0 Å². The van der Waals surface area contributed by atoms with Gasteiger partial charge in [0.2, 0.25) is 5.79 Å². The predicted molar refractivity (Wildman–Crippen MR) is 55.4 cm³/mol. The van der Waals surface area contributed by atoms with E-state index in [9.17, 15) is 25.2 Å². The van der Waals surface area contributed by atoms with Crippen molar-refractivity contribution in [3.63, 3.8) is 0 Å². The molecule has 7 N–H and O–H groups in total. The highest BCUT2D eigenvalue weighted by atomic mass is 16.6. The fourth-order valence-electron chi connectivity index (χ4n) is 1.55. The SMILES string of the molecule is O=C(O)[C@H](CO)NC[C@]1(O)OC[C@@H](O)[C@@H](O)[C@@H]1O. The summed E-state index contributed by atoms with van der Waals surface area (Å²) < 4.78 is 4.79. The largest absolute Gasteiger partial charge is 0.480 e. The van der Waals surface area contributed by atoms with E-state index in [4.69, 9.17) is 14.9 Å². The van der Waals surface area contributed by atoms with Gasteiger partial charge in [-0.25, -0.2) is 0 Å². The molecule has 0 saturated carbocycles. The van der Waals surface area contributed by atoms with E-state index in [0.717, 1.165) is 0 Å². The molecule has 1 aliphatic heterocycles. The van der Waals surface area contributed by atoms with Crippen molar-refractivity contribution in [3.05, 3.63) is 0 Å². The van der Waals surface area contributed by atoms with Crippen LogP contribution in [-0.2, 0) is 9.53 Å². The molecule has 9 heteroatoms. The number of rotatable bonds is 5. The Labute approximate surface area is 102 Å². The normalized spacial score (nSPS) is 38.4. The Balaban J connectivity index is 2.62. The summed E-state index contributed by atoms with van der Waals surface area (Å²) >= 11 is 0. The molecule has 0 radical (unpaired) electrons. The number of aliphatic hydroxyl groups is 5. The highest BCUT2D eigenvalue weighted by Crippen LogP contribution is 2.23. The van der Waals surface area contributed by atoms with E-state index < -0.39 is 55.9 Å². The monoisotopic (exact) mass is 267 g/mol. The van der Waals surface area contributed by atoms with Gasteiger partial charge in [0.25, 0.3) is 0 Å². The third kappa shape index (κ3) is 3.14. The highest BCUT2D eigenvalue weighted by Gasteiger charge is 2.48. The standard InChI is InChI=1S/C9H17NO8/c11-1-4(8(15)16)10-3-9(17)7(14)6(13)5(12)2-18-9/h4-7,10-14,17H,1-3H2,(H,15,16)/t4-,5+,6+,7-,9-/m0/s1. The Morgan fingerprint density at radius 3 is 2.56 bits per heavy atom. The molecule has 0 aromatic heterocycles. The zero-order valence-corrected chi connectivity index (χ0v) is 9.43. The first-order valence-electron chi connectivity index (χ1n) is 5.29. The van der Waals surface area contributed by atoms with Crippen molar-refractivity contribution >= 4 is 5.97 Å². The maximum atomic E-state index is 10.6. The molecule has 0 amide bonds. The van der Waals surface area contributed by atoms with E-state index in [0.29, 0.717) is 0 Å². The molecule has 0 spiro atoms. The topological polar surface area (TPSA) is 160 Å². The predicted octanol–water partition coefficient (Wildman–Crippen LogP) is -4.18. The maximum Gasteiger partial charge on any atom is 0.323 e. The number of nitrogens with one attached hydrogen (secondary N) is 1. The van der Waals surface area contributed by atoms with Crippen LogP contribution in [0.2, 0.25) is 0 Å². The Morgan fingerprint density at radius 2 is 2.06 bits per heavy atom. The summed E-state index contributed by atoms with van der Waals surface area (Å²) in [6, 6.07) is -1.34. The second-order valence-electron chi connectivity index (χ2n) is 4.11. The van der Waals surface area contributed by atoms with Crippen LogP contribution in [0.3, 0.4) is 0 Å². The number of carboxylic acids is 1. The molecule has 0 bridgehead atoms. The second-order valence-corrected chi connectivity index (χ2v) is 4.11. The molecule has 18 heavy (non-hydrogen) atoms. The molecular formula is C9H17NO8. The Morgan fingerprint density at radius 1 is 1.44 bits per heavy atom. The molecule has 1 rings (SSSR count). The molecule has 1 aliphatic rings. The smallest absolute Gasteiger partial charge is 0.323 e. The van der Waals surface area contributed by atoms with Gasteiger partial charge in [0.1, 0.15) is 24.4 Å². The van der Waals surface area contributed by atoms with Crippen LogP contribution in [-0.4, -0.2) is 86.5 Å². The number of ether oxygens (including phenoxy) is 1. The molecule has 0 aromatic rings. The van der Waals surface area contributed by atoms with E-state index >= 15 is 0 Å². The zero-order valence-electron chi connectivity index (χ0n) is 9.43. The molecule has 106 valence electrons. The van der Waals surface area contributed by atoms with Crippen LogP contribution in [0.15, 0.2) is 0 Å². The van der Waals surface area contributed by atoms with Crippen LogP contribution in [0.5, 0.6) is 0 Å². The molecule has 1 saturated heterocycles. The molecule has 0 unspecified atom stereocenters. The Hall–Kier alpha value is -0.810. The van der Waals surface area contributed by atoms with Gasteiger partial charge >= 0.3 is 5.97 Å². The van der Waals surface area contributed by atoms with Gasteiger partial charge in [-0.3, -0.25) is 10.1 Å². The van der Waals surface area contributed by atoms with Crippen molar-refractivity contribution in [2.75, 3.05) is 19.8 Å². The summed E-state index contributed by atoms with van der Waals surface area (Å²) in [5.74, 6) is -3.58. The van der Waals surface area contributed by atoms with Crippen molar-refractivity contribution in [2.45, 2.75) is 30.1 Å². The average molecular weight is 267 g/mol. The van der Waals surface area contributed by atoms with Crippen molar-refractivity contribution in [3.8, 4) is 0 Å². The minimum atomic E-state index is -2.23. The number of carbonyl (C=O) groups is 1. The molecule has 0 aliphatic carbocycles. The van der Waals surface area contributed by atoms with Gasteiger partial charge in [-0.2, -0.15) is 0 Å². The third-order valence-electron chi connectivity index (χ3n) is 2.77. The van der Waals surface area contributed by atoms with Crippen LogP contribution >= 0.6 is 0 Å². The highest BCUT2D eigenvalue weighted by molar-refractivity contribution is 5.73. The van der Waals surface area contributed by atoms with E-state index in [1.807, 2.05) is 0 Å². The fraction of sp³-hybridized carbons (Fsp3) is 0.889. The molecule has 5 atom stereocenters. The van der Waals surface area contributed by atoms with Gasteiger partial charge in [0.05, 0.1) is 19.8 Å². The zero-order chi connectivity index (χ0) is 13.9. The van der Waals surface area contributed by atoms with Gasteiger partial charge in [-0.05, 0) is 0 Å². The molecule has 0 aromatic carbocycles. The fourth-order valence-corrected chi connectivity index (χ4v) is 1.55. The summed E-state index contributed by atoms with van der Waals surface area (Å²) in [6.45, 7) is -1.66. The van der Waals surface area contributed by atoms with E-state index in [-0.39, 0.29) is 0 Å². The summed E-state index contributed by atoms with van der Waals surface area (Å²) in [5.41, 5.74) is 0. The van der Waals surface area contributed by atoms with Gasteiger partial charge in [0, 0.05) is 0 Å². The van der Waals surface area contributed by atoms with Crippen molar-refractivity contribution in [1.82, 2.24) is 5.32 Å². The summed E-state index contributed by atoms with van der Waals surface area (Å²) in [6.07, 6.45) is -4.75. The molecule has 9 nitrogen and oxygen atoms in total. The number of hydrogen-bond acceptors (Lipinski definition) is 8. The molecular weight excluding hydrogens is 250 g/mol. The van der Waals surface area contributed by atoms with Crippen LogP contribution in [0.1, 0.15) is 0 Å². The lowest BCUT2D eigenvalue weighted by Crippen LogP contribution is -2.65. The lowest BCUT2D eigenvalue weighted by atomic mass is 9.96. The first-order valence-corrected chi connectivity index (χ1v) is 5.29. The van der Waals surface area contributed by atoms with E-state index in [1.54, 1.807) is 0 Å². The summed E-state index contributed by atoms with van der Waals surface area (Å²) in [5, 5.41) is 57.7.